The summed E-state index contributed by atoms with van der Waals surface area (Å²) in [5.41, 5.74) is 1.42. The van der Waals surface area contributed by atoms with Gasteiger partial charge in [0.25, 0.3) is 0 Å². The Labute approximate surface area is 136 Å². The highest BCUT2D eigenvalue weighted by atomic mass is 32.2. The lowest BCUT2D eigenvalue weighted by Gasteiger charge is -2.06. The van der Waals surface area contributed by atoms with E-state index in [9.17, 15) is 4.79 Å². The number of aromatic nitrogens is 2. The van der Waals surface area contributed by atoms with Gasteiger partial charge in [-0.3, -0.25) is 4.79 Å². The number of hydrogen-bond acceptors (Lipinski definition) is 7. The van der Waals surface area contributed by atoms with E-state index in [0.717, 1.165) is 28.1 Å². The molecule has 0 radical (unpaired) electrons. The molecule has 0 aromatic carbocycles. The van der Waals surface area contributed by atoms with Crippen molar-refractivity contribution in [2.75, 3.05) is 5.75 Å². The minimum atomic E-state index is -0.946. The molecule has 1 unspecified atom stereocenters. The molecule has 0 amide bonds. The predicted molar refractivity (Wildman–Crippen MR) is 87.7 cm³/mol. The number of ketones is 1. The van der Waals surface area contributed by atoms with Gasteiger partial charge in [0.05, 0.1) is 11.8 Å². The molecule has 2 heterocycles. The molecule has 0 saturated heterocycles. The summed E-state index contributed by atoms with van der Waals surface area (Å²) in [6, 6.07) is 1.89. The smallest absolute Gasteiger partial charge is 0.165 e. The van der Waals surface area contributed by atoms with Gasteiger partial charge in [0, 0.05) is 16.0 Å². The van der Waals surface area contributed by atoms with E-state index in [1.807, 2.05) is 6.07 Å². The predicted octanol–water partition coefficient (Wildman–Crippen LogP) is 3.02. The molecule has 112 valence electrons. The summed E-state index contributed by atoms with van der Waals surface area (Å²) < 4.78 is 0. The fourth-order valence-electron chi connectivity index (χ4n) is 2.64. The van der Waals surface area contributed by atoms with Crippen molar-refractivity contribution in [2.24, 2.45) is 5.92 Å². The van der Waals surface area contributed by atoms with Gasteiger partial charge in [0.15, 0.2) is 5.78 Å². The number of hydrogen-bond donors (Lipinski definition) is 1. The normalized spacial score (nSPS) is 14.5. The second-order valence-electron chi connectivity index (χ2n) is 5.22. The van der Waals surface area contributed by atoms with E-state index in [-0.39, 0.29) is 17.2 Å². The number of nitrogens with zero attached hydrogens (tertiary/aromatic N) is 3. The van der Waals surface area contributed by atoms with Crippen LogP contribution < -0.4 is 0 Å². The summed E-state index contributed by atoms with van der Waals surface area (Å²) in [5, 5.41) is 18.4. The zero-order valence-electron chi connectivity index (χ0n) is 12.0. The van der Waals surface area contributed by atoms with Gasteiger partial charge in [0.1, 0.15) is 22.1 Å². The maximum absolute atomic E-state index is 12.1. The molecule has 0 spiro atoms. The first-order valence-corrected chi connectivity index (χ1v) is 8.77. The Bertz CT molecular complexity index is 806. The van der Waals surface area contributed by atoms with Gasteiger partial charge in [-0.25, -0.2) is 9.97 Å². The summed E-state index contributed by atoms with van der Waals surface area (Å²) in [5.74, 6) is -1.03. The van der Waals surface area contributed by atoms with E-state index >= 15 is 0 Å². The first-order valence-electron chi connectivity index (χ1n) is 6.97. The molecule has 0 saturated carbocycles. The molecule has 7 heteroatoms. The Kier molecular flexibility index (Phi) is 4.23. The maximum atomic E-state index is 12.1. The van der Waals surface area contributed by atoms with E-state index in [2.05, 4.69) is 9.97 Å². The second-order valence-corrected chi connectivity index (χ2v) is 7.26. The standard InChI is InChI=1S/C15H14N4OS2/c1-8(17)10(5-16)11(20)6-21-14-13-9-3-2-4-12(9)22-15(13)19-7-18-14/h7,10,17H,2-4,6H2,1H3. The van der Waals surface area contributed by atoms with Crippen LogP contribution >= 0.6 is 23.1 Å². The number of carbonyl (C=O) groups excluding carboxylic acids is 1. The third-order valence-corrected chi connectivity index (χ3v) is 5.91. The van der Waals surface area contributed by atoms with Crippen molar-refractivity contribution in [3.8, 4) is 6.07 Å². The number of thiophene rings is 1. The van der Waals surface area contributed by atoms with Crippen LogP contribution in [0.25, 0.3) is 10.2 Å². The van der Waals surface area contributed by atoms with Gasteiger partial charge < -0.3 is 5.41 Å². The summed E-state index contributed by atoms with van der Waals surface area (Å²) in [6.45, 7) is 1.49. The van der Waals surface area contributed by atoms with E-state index < -0.39 is 5.92 Å². The monoisotopic (exact) mass is 330 g/mol. The Hall–Kier alpha value is -1.78. The van der Waals surface area contributed by atoms with Crippen LogP contribution in [0.5, 0.6) is 0 Å². The van der Waals surface area contributed by atoms with Crippen molar-refractivity contribution in [3.63, 3.8) is 0 Å². The van der Waals surface area contributed by atoms with Crippen molar-refractivity contribution >= 4 is 44.8 Å². The van der Waals surface area contributed by atoms with Crippen LogP contribution in [0.15, 0.2) is 11.4 Å². The van der Waals surface area contributed by atoms with Crippen molar-refractivity contribution in [1.29, 1.82) is 10.7 Å². The molecule has 1 aliphatic carbocycles. The van der Waals surface area contributed by atoms with Crippen LogP contribution in [0.1, 0.15) is 23.8 Å². The number of aryl methyl sites for hydroxylation is 2. The average Bonchev–Trinajstić information content (AvgIpc) is 3.05. The Morgan fingerprint density at radius 2 is 2.36 bits per heavy atom. The maximum Gasteiger partial charge on any atom is 0.165 e. The van der Waals surface area contributed by atoms with Gasteiger partial charge >= 0.3 is 0 Å². The number of rotatable bonds is 5. The largest absolute Gasteiger partial charge is 0.308 e. The Balaban J connectivity index is 1.85. The zero-order valence-corrected chi connectivity index (χ0v) is 13.7. The molecular weight excluding hydrogens is 316 g/mol. The summed E-state index contributed by atoms with van der Waals surface area (Å²) in [4.78, 5) is 23.1. The molecular formula is C15H14N4OS2. The molecule has 1 aliphatic rings. The van der Waals surface area contributed by atoms with Crippen LogP contribution in [0, 0.1) is 22.7 Å². The van der Waals surface area contributed by atoms with Gasteiger partial charge in [-0.1, -0.05) is 11.8 Å². The number of carbonyl (C=O) groups is 1. The molecule has 22 heavy (non-hydrogen) atoms. The minimum absolute atomic E-state index is 0.0948. The number of fused-ring (bicyclic) bond motifs is 3. The van der Waals surface area contributed by atoms with E-state index in [1.54, 1.807) is 11.3 Å². The molecule has 0 fully saturated rings. The van der Waals surface area contributed by atoms with Crippen LogP contribution in [0.2, 0.25) is 0 Å². The van der Waals surface area contributed by atoms with Crippen molar-refractivity contribution < 1.29 is 4.79 Å². The van der Waals surface area contributed by atoms with Gasteiger partial charge in [0.2, 0.25) is 0 Å². The third kappa shape index (κ3) is 2.64. The summed E-state index contributed by atoms with van der Waals surface area (Å²) in [6.07, 6.45) is 4.84. The molecule has 1 atom stereocenters. The van der Waals surface area contributed by atoms with Gasteiger partial charge in [-0.05, 0) is 31.7 Å². The third-order valence-electron chi connectivity index (χ3n) is 3.70. The zero-order chi connectivity index (χ0) is 15.7. The van der Waals surface area contributed by atoms with E-state index in [1.165, 1.54) is 41.9 Å². The van der Waals surface area contributed by atoms with Crippen molar-refractivity contribution in [1.82, 2.24) is 9.97 Å². The highest BCUT2D eigenvalue weighted by Gasteiger charge is 2.24. The average molecular weight is 330 g/mol. The summed E-state index contributed by atoms with van der Waals surface area (Å²) in [7, 11) is 0. The van der Waals surface area contributed by atoms with Gasteiger partial charge in [-0.2, -0.15) is 5.26 Å². The topological polar surface area (TPSA) is 90.5 Å². The highest BCUT2D eigenvalue weighted by Crippen LogP contribution is 2.40. The van der Waals surface area contributed by atoms with E-state index in [4.69, 9.17) is 10.7 Å². The number of Topliss-reactive ketones (excluding diaryl/α,β-unsaturated/α-hetero) is 1. The molecule has 2 aromatic rings. The minimum Gasteiger partial charge on any atom is -0.308 e. The molecule has 1 N–H and O–H groups in total. The van der Waals surface area contributed by atoms with E-state index in [0.29, 0.717) is 0 Å². The van der Waals surface area contributed by atoms with Crippen LogP contribution in [0.3, 0.4) is 0 Å². The molecule has 0 aliphatic heterocycles. The molecule has 2 aromatic heterocycles. The second kappa shape index (κ2) is 6.15. The molecule has 5 nitrogen and oxygen atoms in total. The lowest BCUT2D eigenvalue weighted by molar-refractivity contribution is -0.117. The molecule has 0 bridgehead atoms. The summed E-state index contributed by atoms with van der Waals surface area (Å²) >= 11 is 3.06. The van der Waals surface area contributed by atoms with Crippen molar-refractivity contribution in [3.05, 3.63) is 16.8 Å². The Morgan fingerprint density at radius 1 is 1.55 bits per heavy atom. The lowest BCUT2D eigenvalue weighted by Crippen LogP contribution is -2.21. The van der Waals surface area contributed by atoms with Crippen LogP contribution in [0.4, 0.5) is 0 Å². The first-order chi connectivity index (χ1) is 10.6. The van der Waals surface area contributed by atoms with Crippen LogP contribution in [-0.4, -0.2) is 27.2 Å². The fraction of sp³-hybridized carbons (Fsp3) is 0.400. The lowest BCUT2D eigenvalue weighted by atomic mass is 10.0. The molecule has 3 rings (SSSR count). The quantitative estimate of drug-likeness (QED) is 0.517. The highest BCUT2D eigenvalue weighted by molar-refractivity contribution is 8.00. The SMILES string of the molecule is CC(=N)C(C#N)C(=O)CSc1ncnc2sc3c(c12)CCC3. The number of thioether (sulfide) groups is 1. The number of nitrogens with one attached hydrogen (secondary N) is 1. The van der Waals surface area contributed by atoms with Crippen LogP contribution in [-0.2, 0) is 17.6 Å². The first kappa shape index (κ1) is 15.1. The Morgan fingerprint density at radius 3 is 3.09 bits per heavy atom. The van der Waals surface area contributed by atoms with Gasteiger partial charge in [-0.15, -0.1) is 11.3 Å². The fourth-order valence-corrected chi connectivity index (χ4v) is 4.87. The van der Waals surface area contributed by atoms with Crippen molar-refractivity contribution in [2.45, 2.75) is 31.2 Å². The number of nitriles is 1.